The zero-order valence-electron chi connectivity index (χ0n) is 6.63. The van der Waals surface area contributed by atoms with Crippen molar-refractivity contribution in [2.24, 2.45) is 0 Å². The fourth-order valence-corrected chi connectivity index (χ4v) is 0.892. The summed E-state index contributed by atoms with van der Waals surface area (Å²) in [5, 5.41) is 8.57. The van der Waals surface area contributed by atoms with Crippen molar-refractivity contribution in [3.05, 3.63) is 33.7 Å². The zero-order chi connectivity index (χ0) is 9.14. The minimum Gasteiger partial charge on any atom is -0.477 e. The summed E-state index contributed by atoms with van der Waals surface area (Å²) in [4.78, 5) is 23.7. The van der Waals surface area contributed by atoms with Crippen LogP contribution < -0.4 is 5.56 Å². The first-order valence-corrected chi connectivity index (χ1v) is 3.60. The average Bonchev–Trinajstić information content (AvgIpc) is 2.05. The fraction of sp³-hybridized carbons (Fsp3) is 0.250. The Bertz CT molecular complexity index is 354. The standard InChI is InChI=1S/C8H9NO3/c1-2-5-3-6(8(11)12)7(10)9-4-5/h3-4H,2H2,1H3,(H,9,10)(H,11,12). The molecule has 1 heterocycles. The van der Waals surface area contributed by atoms with E-state index in [2.05, 4.69) is 4.98 Å². The number of carbonyl (C=O) groups is 1. The van der Waals surface area contributed by atoms with Gasteiger partial charge < -0.3 is 10.1 Å². The topological polar surface area (TPSA) is 70.2 Å². The number of aromatic carboxylic acids is 1. The lowest BCUT2D eigenvalue weighted by Gasteiger charge is -1.96. The van der Waals surface area contributed by atoms with E-state index in [1.165, 1.54) is 12.3 Å². The Morgan fingerprint density at radius 1 is 1.67 bits per heavy atom. The molecule has 12 heavy (non-hydrogen) atoms. The number of pyridine rings is 1. The van der Waals surface area contributed by atoms with Crippen molar-refractivity contribution >= 4 is 5.97 Å². The van der Waals surface area contributed by atoms with E-state index in [-0.39, 0.29) is 5.56 Å². The second-order valence-electron chi connectivity index (χ2n) is 2.41. The van der Waals surface area contributed by atoms with Crippen LogP contribution in [0.1, 0.15) is 22.8 Å². The third kappa shape index (κ3) is 1.53. The maximum atomic E-state index is 10.9. The molecule has 0 amide bonds. The molecule has 0 aliphatic rings. The molecule has 0 saturated heterocycles. The summed E-state index contributed by atoms with van der Waals surface area (Å²) < 4.78 is 0. The van der Waals surface area contributed by atoms with Crippen LogP contribution in [0.5, 0.6) is 0 Å². The van der Waals surface area contributed by atoms with Gasteiger partial charge in [0.15, 0.2) is 0 Å². The fourth-order valence-electron chi connectivity index (χ4n) is 0.892. The molecule has 1 aromatic rings. The van der Waals surface area contributed by atoms with E-state index in [1.54, 1.807) is 0 Å². The maximum absolute atomic E-state index is 10.9. The molecule has 0 bridgehead atoms. The highest BCUT2D eigenvalue weighted by Crippen LogP contribution is 1.98. The normalized spacial score (nSPS) is 9.75. The summed E-state index contributed by atoms with van der Waals surface area (Å²) >= 11 is 0. The summed E-state index contributed by atoms with van der Waals surface area (Å²) in [6, 6.07) is 1.39. The highest BCUT2D eigenvalue weighted by molar-refractivity contribution is 5.87. The maximum Gasteiger partial charge on any atom is 0.341 e. The Hall–Kier alpha value is -1.58. The molecule has 1 rings (SSSR count). The lowest BCUT2D eigenvalue weighted by atomic mass is 10.2. The minimum absolute atomic E-state index is 0.200. The predicted octanol–water partition coefficient (Wildman–Crippen LogP) is 0.635. The zero-order valence-corrected chi connectivity index (χ0v) is 6.63. The quantitative estimate of drug-likeness (QED) is 0.678. The third-order valence-corrected chi connectivity index (χ3v) is 1.60. The number of hydrogen-bond donors (Lipinski definition) is 2. The van der Waals surface area contributed by atoms with Gasteiger partial charge in [-0.2, -0.15) is 0 Å². The largest absolute Gasteiger partial charge is 0.477 e. The van der Waals surface area contributed by atoms with E-state index in [9.17, 15) is 9.59 Å². The summed E-state index contributed by atoms with van der Waals surface area (Å²) in [5.41, 5.74) is 0.0565. The van der Waals surface area contributed by atoms with Crippen molar-refractivity contribution in [3.63, 3.8) is 0 Å². The summed E-state index contributed by atoms with van der Waals surface area (Å²) in [5.74, 6) is -1.19. The molecular weight excluding hydrogens is 158 g/mol. The van der Waals surface area contributed by atoms with E-state index in [0.717, 1.165) is 5.56 Å². The van der Waals surface area contributed by atoms with Crippen molar-refractivity contribution in [3.8, 4) is 0 Å². The van der Waals surface area contributed by atoms with Crippen LogP contribution in [-0.4, -0.2) is 16.1 Å². The number of nitrogens with one attached hydrogen (secondary N) is 1. The van der Waals surface area contributed by atoms with E-state index in [1.807, 2.05) is 6.92 Å². The number of rotatable bonds is 2. The molecule has 0 unspecified atom stereocenters. The highest BCUT2D eigenvalue weighted by Gasteiger charge is 2.07. The molecule has 0 aliphatic carbocycles. The molecule has 0 aliphatic heterocycles. The van der Waals surface area contributed by atoms with Crippen LogP contribution in [0.2, 0.25) is 0 Å². The molecule has 0 fully saturated rings. The molecule has 0 spiro atoms. The van der Waals surface area contributed by atoms with Crippen molar-refractivity contribution in [2.45, 2.75) is 13.3 Å². The van der Waals surface area contributed by atoms with Crippen LogP contribution in [0.15, 0.2) is 17.1 Å². The van der Waals surface area contributed by atoms with Gasteiger partial charge in [0, 0.05) is 6.20 Å². The molecule has 4 heteroatoms. The highest BCUT2D eigenvalue weighted by atomic mass is 16.4. The number of aromatic amines is 1. The molecule has 0 atom stereocenters. The number of aryl methyl sites for hydroxylation is 1. The smallest absolute Gasteiger partial charge is 0.341 e. The van der Waals surface area contributed by atoms with Crippen LogP contribution in [0, 0.1) is 0 Å². The van der Waals surface area contributed by atoms with Gasteiger partial charge in [0.1, 0.15) is 5.56 Å². The summed E-state index contributed by atoms with van der Waals surface area (Å²) in [6.45, 7) is 1.89. The second kappa shape index (κ2) is 3.21. The van der Waals surface area contributed by atoms with Gasteiger partial charge >= 0.3 is 5.97 Å². The van der Waals surface area contributed by atoms with Crippen LogP contribution in [-0.2, 0) is 6.42 Å². The van der Waals surface area contributed by atoms with Crippen molar-refractivity contribution in [1.29, 1.82) is 0 Å². The van der Waals surface area contributed by atoms with Crippen LogP contribution in [0.3, 0.4) is 0 Å². The van der Waals surface area contributed by atoms with E-state index in [4.69, 9.17) is 5.11 Å². The predicted molar refractivity (Wildman–Crippen MR) is 43.4 cm³/mol. The molecule has 0 aromatic carbocycles. The molecule has 2 N–H and O–H groups in total. The van der Waals surface area contributed by atoms with Gasteiger partial charge in [-0.15, -0.1) is 0 Å². The van der Waals surface area contributed by atoms with Crippen molar-refractivity contribution in [2.75, 3.05) is 0 Å². The Morgan fingerprint density at radius 2 is 2.33 bits per heavy atom. The minimum atomic E-state index is -1.19. The summed E-state index contributed by atoms with van der Waals surface area (Å²) in [7, 11) is 0. The van der Waals surface area contributed by atoms with Crippen molar-refractivity contribution in [1.82, 2.24) is 4.98 Å². The van der Waals surface area contributed by atoms with Gasteiger partial charge in [0.25, 0.3) is 5.56 Å². The number of carboxylic acids is 1. The molecule has 0 saturated carbocycles. The second-order valence-corrected chi connectivity index (χ2v) is 2.41. The number of aromatic nitrogens is 1. The molecule has 1 aromatic heterocycles. The van der Waals surface area contributed by atoms with Crippen LogP contribution >= 0.6 is 0 Å². The van der Waals surface area contributed by atoms with Crippen LogP contribution in [0.25, 0.3) is 0 Å². The summed E-state index contributed by atoms with van der Waals surface area (Å²) in [6.07, 6.45) is 2.23. The van der Waals surface area contributed by atoms with E-state index in [0.29, 0.717) is 6.42 Å². The van der Waals surface area contributed by atoms with Gasteiger partial charge in [0.05, 0.1) is 0 Å². The number of hydrogen-bond acceptors (Lipinski definition) is 2. The monoisotopic (exact) mass is 167 g/mol. The molecule has 64 valence electrons. The lowest BCUT2D eigenvalue weighted by molar-refractivity contribution is 0.0695. The number of carboxylic acid groups (broad SMARTS) is 1. The van der Waals surface area contributed by atoms with E-state index >= 15 is 0 Å². The lowest BCUT2D eigenvalue weighted by Crippen LogP contribution is -2.17. The number of H-pyrrole nitrogens is 1. The average molecular weight is 167 g/mol. The molecule has 4 nitrogen and oxygen atoms in total. The Labute approximate surface area is 68.9 Å². The van der Waals surface area contributed by atoms with Gasteiger partial charge in [0.2, 0.25) is 0 Å². The van der Waals surface area contributed by atoms with Gasteiger partial charge in [-0.1, -0.05) is 6.92 Å². The first kappa shape index (κ1) is 8.52. The third-order valence-electron chi connectivity index (χ3n) is 1.60. The Balaban J connectivity index is 3.26. The van der Waals surface area contributed by atoms with Gasteiger partial charge in [-0.05, 0) is 18.1 Å². The molecule has 0 radical (unpaired) electrons. The van der Waals surface area contributed by atoms with Gasteiger partial charge in [-0.25, -0.2) is 4.79 Å². The van der Waals surface area contributed by atoms with Gasteiger partial charge in [-0.3, -0.25) is 4.79 Å². The Morgan fingerprint density at radius 3 is 2.83 bits per heavy atom. The SMILES string of the molecule is CCc1c[nH]c(=O)c(C(=O)O)c1. The Kier molecular flexibility index (Phi) is 2.28. The van der Waals surface area contributed by atoms with Crippen LogP contribution in [0.4, 0.5) is 0 Å². The first-order valence-electron chi connectivity index (χ1n) is 3.60. The first-order chi connectivity index (χ1) is 5.65. The van der Waals surface area contributed by atoms with Crippen molar-refractivity contribution < 1.29 is 9.90 Å². The molecular formula is C8H9NO3. The van der Waals surface area contributed by atoms with E-state index < -0.39 is 11.5 Å².